The second-order valence-corrected chi connectivity index (χ2v) is 5.38. The van der Waals surface area contributed by atoms with Gasteiger partial charge in [-0.25, -0.2) is 4.39 Å². The van der Waals surface area contributed by atoms with E-state index in [4.69, 9.17) is 5.11 Å². The van der Waals surface area contributed by atoms with Gasteiger partial charge >= 0.3 is 5.97 Å². The molecule has 0 radical (unpaired) electrons. The number of halogens is 1. The van der Waals surface area contributed by atoms with Crippen LogP contribution in [0.3, 0.4) is 0 Å². The molecule has 2 bridgehead atoms. The molecule has 1 aromatic rings. The van der Waals surface area contributed by atoms with Gasteiger partial charge in [0.05, 0.1) is 5.41 Å². The molecule has 2 nitrogen and oxygen atoms in total. The smallest absolute Gasteiger partial charge is 0.309 e. The first-order valence-electron chi connectivity index (χ1n) is 5.48. The fourth-order valence-electron chi connectivity index (χ4n) is 3.35. The first-order valence-corrected chi connectivity index (χ1v) is 5.48. The van der Waals surface area contributed by atoms with Gasteiger partial charge in [0.2, 0.25) is 0 Å². The Labute approximate surface area is 93.1 Å². The zero-order valence-electron chi connectivity index (χ0n) is 9.09. The largest absolute Gasteiger partial charge is 0.481 e. The van der Waals surface area contributed by atoms with Crippen LogP contribution in [0.15, 0.2) is 18.2 Å². The summed E-state index contributed by atoms with van der Waals surface area (Å²) in [6.45, 7) is 1.93. The van der Waals surface area contributed by atoms with E-state index in [0.29, 0.717) is 19.3 Å². The van der Waals surface area contributed by atoms with Crippen LogP contribution in [-0.4, -0.2) is 11.1 Å². The summed E-state index contributed by atoms with van der Waals surface area (Å²) in [5.74, 6) is -0.910. The molecule has 3 saturated carbocycles. The van der Waals surface area contributed by atoms with E-state index < -0.39 is 11.4 Å². The zero-order valence-corrected chi connectivity index (χ0v) is 9.09. The second-order valence-electron chi connectivity index (χ2n) is 5.38. The van der Waals surface area contributed by atoms with Gasteiger partial charge in [0.1, 0.15) is 5.82 Å². The molecule has 0 aromatic heterocycles. The second kappa shape index (κ2) is 2.65. The summed E-state index contributed by atoms with van der Waals surface area (Å²) in [5, 5.41) is 9.02. The Kier molecular flexibility index (Phi) is 1.63. The highest BCUT2D eigenvalue weighted by Gasteiger charge is 2.72. The number of carboxylic acids is 1. The molecule has 3 aliphatic rings. The summed E-state index contributed by atoms with van der Waals surface area (Å²) in [4.78, 5) is 11.0. The Bertz CT molecular complexity index is 473. The highest BCUT2D eigenvalue weighted by molar-refractivity contribution is 5.81. The average Bonchev–Trinajstić information content (AvgIpc) is 2.05. The maximum atomic E-state index is 13.7. The molecular weight excluding hydrogens is 207 g/mol. The monoisotopic (exact) mass is 220 g/mol. The molecule has 4 rings (SSSR count). The van der Waals surface area contributed by atoms with Crippen LogP contribution < -0.4 is 0 Å². The predicted molar refractivity (Wildman–Crippen MR) is 56.7 cm³/mol. The van der Waals surface area contributed by atoms with Crippen molar-refractivity contribution in [3.8, 4) is 0 Å². The summed E-state index contributed by atoms with van der Waals surface area (Å²) >= 11 is 0. The fraction of sp³-hybridized carbons (Fsp3) is 0.462. The van der Waals surface area contributed by atoms with E-state index in [9.17, 15) is 9.18 Å². The Morgan fingerprint density at radius 1 is 1.38 bits per heavy atom. The van der Waals surface area contributed by atoms with Crippen LogP contribution in [0.4, 0.5) is 4.39 Å². The molecule has 0 aliphatic heterocycles. The van der Waals surface area contributed by atoms with Gasteiger partial charge in [-0.05, 0) is 37.8 Å². The molecule has 3 heteroatoms. The Balaban J connectivity index is 1.93. The minimum atomic E-state index is -0.720. The van der Waals surface area contributed by atoms with Crippen molar-refractivity contribution in [3.05, 3.63) is 35.1 Å². The SMILES string of the molecule is Cc1ccc(F)c(C23CC(C(=O)O)(C2)C3)c1. The molecular formula is C13H13FO2. The molecule has 84 valence electrons. The van der Waals surface area contributed by atoms with Crippen molar-refractivity contribution in [1.82, 2.24) is 0 Å². The lowest BCUT2D eigenvalue weighted by atomic mass is 9.33. The van der Waals surface area contributed by atoms with Crippen molar-refractivity contribution in [3.63, 3.8) is 0 Å². The first kappa shape index (κ1) is 9.82. The highest BCUT2D eigenvalue weighted by atomic mass is 19.1. The zero-order chi connectivity index (χ0) is 11.6. The number of hydrogen-bond acceptors (Lipinski definition) is 1. The van der Waals surface area contributed by atoms with E-state index in [1.807, 2.05) is 13.0 Å². The van der Waals surface area contributed by atoms with Gasteiger partial charge in [-0.1, -0.05) is 17.7 Å². The van der Waals surface area contributed by atoms with E-state index in [2.05, 4.69) is 0 Å². The lowest BCUT2D eigenvalue weighted by Gasteiger charge is -2.68. The van der Waals surface area contributed by atoms with E-state index in [1.54, 1.807) is 6.07 Å². The molecule has 1 N–H and O–H groups in total. The van der Waals surface area contributed by atoms with Crippen LogP contribution in [0, 0.1) is 18.2 Å². The van der Waals surface area contributed by atoms with Gasteiger partial charge in [0.25, 0.3) is 0 Å². The molecule has 0 saturated heterocycles. The summed E-state index contributed by atoms with van der Waals surface area (Å²) in [7, 11) is 0. The van der Waals surface area contributed by atoms with Crippen LogP contribution in [0.1, 0.15) is 30.4 Å². The standard InChI is InChI=1S/C13H13FO2/c1-8-2-3-10(14)9(4-8)12-5-13(6-12,7-12)11(15)16/h2-4H,5-7H2,1H3,(H,15,16). The van der Waals surface area contributed by atoms with Gasteiger partial charge in [0.15, 0.2) is 0 Å². The van der Waals surface area contributed by atoms with E-state index >= 15 is 0 Å². The summed E-state index contributed by atoms with van der Waals surface area (Å²) in [6.07, 6.45) is 1.82. The van der Waals surface area contributed by atoms with E-state index in [-0.39, 0.29) is 11.2 Å². The van der Waals surface area contributed by atoms with Gasteiger partial charge in [0, 0.05) is 5.41 Å². The van der Waals surface area contributed by atoms with Gasteiger partial charge < -0.3 is 5.11 Å². The van der Waals surface area contributed by atoms with Crippen molar-refractivity contribution in [2.24, 2.45) is 5.41 Å². The molecule has 0 spiro atoms. The maximum Gasteiger partial charge on any atom is 0.309 e. The van der Waals surface area contributed by atoms with E-state index in [1.165, 1.54) is 6.07 Å². The average molecular weight is 220 g/mol. The minimum absolute atomic E-state index is 0.172. The molecule has 3 fully saturated rings. The number of aliphatic carboxylic acids is 1. The number of carboxylic acid groups (broad SMARTS) is 1. The third kappa shape index (κ3) is 0.984. The van der Waals surface area contributed by atoms with Crippen LogP contribution >= 0.6 is 0 Å². The van der Waals surface area contributed by atoms with Crippen molar-refractivity contribution in [2.75, 3.05) is 0 Å². The lowest BCUT2D eigenvalue weighted by molar-refractivity contribution is -0.195. The number of rotatable bonds is 2. The number of aryl methyl sites for hydroxylation is 1. The molecule has 16 heavy (non-hydrogen) atoms. The quantitative estimate of drug-likeness (QED) is 0.831. The molecule has 0 amide bonds. The Hall–Kier alpha value is -1.38. The van der Waals surface area contributed by atoms with Crippen LogP contribution in [0.2, 0.25) is 0 Å². The first-order chi connectivity index (χ1) is 7.47. The van der Waals surface area contributed by atoms with Gasteiger partial charge in [-0.2, -0.15) is 0 Å². The van der Waals surface area contributed by atoms with Crippen molar-refractivity contribution < 1.29 is 14.3 Å². The van der Waals surface area contributed by atoms with Crippen LogP contribution in [0.25, 0.3) is 0 Å². The van der Waals surface area contributed by atoms with E-state index in [0.717, 1.165) is 11.1 Å². The van der Waals surface area contributed by atoms with Crippen molar-refractivity contribution >= 4 is 5.97 Å². The Morgan fingerprint density at radius 2 is 2.00 bits per heavy atom. The third-order valence-corrected chi connectivity index (χ3v) is 4.18. The molecule has 0 unspecified atom stereocenters. The van der Waals surface area contributed by atoms with Gasteiger partial charge in [-0.3, -0.25) is 4.79 Å². The maximum absolute atomic E-state index is 13.7. The van der Waals surface area contributed by atoms with Crippen LogP contribution in [-0.2, 0) is 10.2 Å². The van der Waals surface area contributed by atoms with Crippen LogP contribution in [0.5, 0.6) is 0 Å². The topological polar surface area (TPSA) is 37.3 Å². The van der Waals surface area contributed by atoms with Gasteiger partial charge in [-0.15, -0.1) is 0 Å². The van der Waals surface area contributed by atoms with Crippen molar-refractivity contribution in [2.45, 2.75) is 31.6 Å². The fourth-order valence-corrected chi connectivity index (χ4v) is 3.35. The van der Waals surface area contributed by atoms with Crippen molar-refractivity contribution in [1.29, 1.82) is 0 Å². The third-order valence-electron chi connectivity index (χ3n) is 4.18. The number of benzene rings is 1. The summed E-state index contributed by atoms with van der Waals surface area (Å²) < 4.78 is 13.7. The molecule has 1 aromatic carbocycles. The summed E-state index contributed by atoms with van der Waals surface area (Å²) in [6, 6.07) is 5.09. The number of carbonyl (C=O) groups is 1. The molecule has 0 heterocycles. The molecule has 0 atom stereocenters. The number of hydrogen-bond donors (Lipinski definition) is 1. The minimum Gasteiger partial charge on any atom is -0.481 e. The Morgan fingerprint density at radius 3 is 2.56 bits per heavy atom. The summed E-state index contributed by atoms with van der Waals surface area (Å²) in [5.41, 5.74) is 1.05. The highest BCUT2D eigenvalue weighted by Crippen LogP contribution is 2.73. The predicted octanol–water partition coefficient (Wildman–Crippen LogP) is 2.64. The molecule has 3 aliphatic carbocycles. The normalized spacial score (nSPS) is 35.1. The lowest BCUT2D eigenvalue weighted by Crippen LogP contribution is -2.68.